The molecule has 4 nitrogen and oxygen atoms in total. The van der Waals surface area contributed by atoms with Gasteiger partial charge in [0, 0.05) is 62.8 Å². The van der Waals surface area contributed by atoms with E-state index in [-0.39, 0.29) is 5.92 Å². The molecular formula is C28H39FN4. The molecule has 0 radical (unpaired) electrons. The van der Waals surface area contributed by atoms with Crippen LogP contribution < -0.4 is 15.1 Å². The van der Waals surface area contributed by atoms with Crippen molar-refractivity contribution in [1.82, 2.24) is 5.32 Å². The number of rotatable bonds is 8. The first-order valence-corrected chi connectivity index (χ1v) is 12.1. The van der Waals surface area contributed by atoms with Crippen LogP contribution in [0.3, 0.4) is 0 Å². The van der Waals surface area contributed by atoms with Crippen molar-refractivity contribution in [3.05, 3.63) is 46.2 Å². The van der Waals surface area contributed by atoms with Crippen LogP contribution in [-0.2, 0) is 6.42 Å². The molecule has 2 N–H and O–H groups in total. The molecule has 0 spiro atoms. The minimum Gasteiger partial charge on any atom is -0.377 e. The Kier molecular flexibility index (Phi) is 8.37. The number of benzene rings is 1. The lowest BCUT2D eigenvalue weighted by Gasteiger charge is -2.36. The number of allylic oxidation sites excluding steroid dienone is 3. The van der Waals surface area contributed by atoms with E-state index in [1.165, 1.54) is 40.0 Å². The molecule has 0 amide bonds. The van der Waals surface area contributed by atoms with E-state index in [1.807, 2.05) is 7.05 Å². The monoisotopic (exact) mass is 450 g/mol. The number of hydrogen-bond donors (Lipinski definition) is 2. The van der Waals surface area contributed by atoms with Gasteiger partial charge in [0.15, 0.2) is 0 Å². The summed E-state index contributed by atoms with van der Waals surface area (Å²) in [7, 11) is 6.05. The van der Waals surface area contributed by atoms with Crippen molar-refractivity contribution in [2.45, 2.75) is 52.6 Å². The Morgan fingerprint density at radius 1 is 1.36 bits per heavy atom. The average molecular weight is 451 g/mol. The van der Waals surface area contributed by atoms with Crippen LogP contribution in [0.5, 0.6) is 0 Å². The highest BCUT2D eigenvalue weighted by molar-refractivity contribution is 5.70. The van der Waals surface area contributed by atoms with Crippen molar-refractivity contribution in [1.29, 1.82) is 5.41 Å². The Labute approximate surface area is 199 Å². The smallest absolute Gasteiger partial charge is 0.115 e. The Balaban J connectivity index is 2.17. The van der Waals surface area contributed by atoms with Crippen LogP contribution in [0, 0.1) is 36.0 Å². The highest BCUT2D eigenvalue weighted by Crippen LogP contribution is 2.38. The van der Waals surface area contributed by atoms with Gasteiger partial charge in [0.1, 0.15) is 6.17 Å². The predicted octanol–water partition coefficient (Wildman–Crippen LogP) is 5.27. The van der Waals surface area contributed by atoms with E-state index >= 15 is 0 Å². The van der Waals surface area contributed by atoms with Gasteiger partial charge >= 0.3 is 0 Å². The van der Waals surface area contributed by atoms with Crippen LogP contribution in [0.1, 0.15) is 44.2 Å². The Morgan fingerprint density at radius 2 is 2.12 bits per heavy atom. The second-order valence-electron chi connectivity index (χ2n) is 9.37. The van der Waals surface area contributed by atoms with Crippen LogP contribution >= 0.6 is 0 Å². The topological polar surface area (TPSA) is 42.4 Å². The van der Waals surface area contributed by atoms with Crippen molar-refractivity contribution >= 4 is 17.6 Å². The van der Waals surface area contributed by atoms with Crippen LogP contribution in [0.25, 0.3) is 0 Å². The minimum atomic E-state index is -1.07. The lowest BCUT2D eigenvalue weighted by Crippen LogP contribution is -2.32. The fraction of sp³-hybridized carbons (Fsp3) is 0.536. The molecule has 0 fully saturated rings. The molecule has 1 aliphatic heterocycles. The normalized spacial score (nSPS) is 20.0. The number of hydrogen-bond acceptors (Lipinski definition) is 4. The molecule has 33 heavy (non-hydrogen) atoms. The number of halogens is 1. The summed E-state index contributed by atoms with van der Waals surface area (Å²) in [6, 6.07) is 4.63. The van der Waals surface area contributed by atoms with Gasteiger partial charge in [-0.15, -0.1) is 0 Å². The van der Waals surface area contributed by atoms with Gasteiger partial charge in [-0.05, 0) is 68.5 Å². The standard InChI is InChI=1S/C28H39FN4/c1-7-21-14-19(2)27(32(5)6)16-28(21)33-13-9-10-22-15-25(23(17-30)18-31-4)24(20(3)29)11-8-12-26(22)33/h14-17,20,23-24,30-31H,7,9-10,12-13,18H2,1-6H3. The van der Waals surface area contributed by atoms with E-state index in [2.05, 4.69) is 73.1 Å². The first-order chi connectivity index (χ1) is 15.8. The van der Waals surface area contributed by atoms with Gasteiger partial charge in [-0.3, -0.25) is 0 Å². The highest BCUT2D eigenvalue weighted by atomic mass is 19.1. The second-order valence-corrected chi connectivity index (χ2v) is 9.37. The maximum atomic E-state index is 14.6. The molecular weight excluding hydrogens is 411 g/mol. The zero-order valence-corrected chi connectivity index (χ0v) is 21.1. The third-order valence-electron chi connectivity index (χ3n) is 6.80. The summed E-state index contributed by atoms with van der Waals surface area (Å²) < 4.78 is 14.6. The van der Waals surface area contributed by atoms with Crippen LogP contribution in [-0.4, -0.2) is 46.6 Å². The van der Waals surface area contributed by atoms with E-state index in [0.717, 1.165) is 31.4 Å². The Hall–Kier alpha value is -2.58. The lowest BCUT2D eigenvalue weighted by atomic mass is 9.82. The number of nitrogens with one attached hydrogen (secondary N) is 2. The number of anilines is 2. The first-order valence-electron chi connectivity index (χ1n) is 12.1. The largest absolute Gasteiger partial charge is 0.377 e. The zero-order chi connectivity index (χ0) is 24.1. The quantitative estimate of drug-likeness (QED) is 0.419. The Bertz CT molecular complexity index is 993. The Morgan fingerprint density at radius 3 is 2.73 bits per heavy atom. The van der Waals surface area contributed by atoms with E-state index in [0.29, 0.717) is 13.0 Å². The van der Waals surface area contributed by atoms with Gasteiger partial charge < -0.3 is 20.5 Å². The van der Waals surface area contributed by atoms with E-state index in [1.54, 1.807) is 6.92 Å². The molecule has 3 rings (SSSR count). The molecule has 3 atom stereocenters. The van der Waals surface area contributed by atoms with Crippen LogP contribution in [0.15, 0.2) is 35.1 Å². The fourth-order valence-corrected chi connectivity index (χ4v) is 5.10. The predicted molar refractivity (Wildman–Crippen MR) is 139 cm³/mol. The summed E-state index contributed by atoms with van der Waals surface area (Å²) in [4.78, 5) is 4.62. The third-order valence-corrected chi connectivity index (χ3v) is 6.80. The molecule has 0 saturated heterocycles. The third kappa shape index (κ3) is 5.33. The molecule has 178 valence electrons. The molecule has 0 bridgehead atoms. The summed E-state index contributed by atoms with van der Waals surface area (Å²) in [6.45, 7) is 7.53. The fourth-order valence-electron chi connectivity index (χ4n) is 5.10. The SMILES string of the molecule is CCc1cc(C)c(N(C)C)cc1N1CCCC2=C1CC#CC(C(C)F)C(C(C=N)CNC)=C2. The maximum absolute atomic E-state index is 14.6. The molecule has 1 aliphatic carbocycles. The molecule has 1 aromatic carbocycles. The van der Waals surface area contributed by atoms with Gasteiger partial charge in [-0.1, -0.05) is 30.9 Å². The van der Waals surface area contributed by atoms with Crippen molar-refractivity contribution < 1.29 is 4.39 Å². The molecule has 5 heteroatoms. The van der Waals surface area contributed by atoms with E-state index in [9.17, 15) is 4.39 Å². The van der Waals surface area contributed by atoms with Crippen LogP contribution in [0.4, 0.5) is 15.8 Å². The molecule has 0 aromatic heterocycles. The van der Waals surface area contributed by atoms with Gasteiger partial charge in [-0.25, -0.2) is 4.39 Å². The number of aryl methyl sites for hydroxylation is 2. The maximum Gasteiger partial charge on any atom is 0.115 e. The lowest BCUT2D eigenvalue weighted by molar-refractivity contribution is 0.309. The minimum absolute atomic E-state index is 0.166. The summed E-state index contributed by atoms with van der Waals surface area (Å²) in [5.41, 5.74) is 8.50. The average Bonchev–Trinajstić information content (AvgIpc) is 2.77. The van der Waals surface area contributed by atoms with Crippen molar-refractivity contribution in [2.24, 2.45) is 11.8 Å². The molecule has 2 aliphatic rings. The summed E-state index contributed by atoms with van der Waals surface area (Å²) in [5.74, 6) is 5.90. The molecule has 1 heterocycles. The van der Waals surface area contributed by atoms with E-state index < -0.39 is 12.1 Å². The zero-order valence-electron chi connectivity index (χ0n) is 21.1. The summed E-state index contributed by atoms with van der Waals surface area (Å²) in [5, 5.41) is 11.2. The van der Waals surface area contributed by atoms with Gasteiger partial charge in [0.25, 0.3) is 0 Å². The highest BCUT2D eigenvalue weighted by Gasteiger charge is 2.29. The molecule has 1 aromatic rings. The molecule has 3 unspecified atom stereocenters. The van der Waals surface area contributed by atoms with Gasteiger partial charge in [-0.2, -0.15) is 0 Å². The van der Waals surface area contributed by atoms with Crippen molar-refractivity contribution in [3.63, 3.8) is 0 Å². The first kappa shape index (κ1) is 25.1. The number of alkyl halides is 1. The van der Waals surface area contributed by atoms with Crippen molar-refractivity contribution in [2.75, 3.05) is 44.0 Å². The molecule has 0 saturated carbocycles. The van der Waals surface area contributed by atoms with E-state index in [4.69, 9.17) is 5.41 Å². The summed E-state index contributed by atoms with van der Waals surface area (Å²) in [6.07, 6.45) is 6.13. The second kappa shape index (κ2) is 11.0. The summed E-state index contributed by atoms with van der Waals surface area (Å²) >= 11 is 0. The number of nitrogens with zero attached hydrogens (tertiary/aromatic N) is 2. The van der Waals surface area contributed by atoms with Gasteiger partial charge in [0.2, 0.25) is 0 Å². The van der Waals surface area contributed by atoms with Crippen LogP contribution in [0.2, 0.25) is 0 Å². The van der Waals surface area contributed by atoms with Gasteiger partial charge in [0.05, 0.1) is 5.92 Å². The van der Waals surface area contributed by atoms with Crippen molar-refractivity contribution in [3.8, 4) is 11.8 Å².